The van der Waals surface area contributed by atoms with Gasteiger partial charge in [-0.1, -0.05) is 48.6 Å². The van der Waals surface area contributed by atoms with E-state index in [0.717, 1.165) is 30.5 Å². The number of allylic oxidation sites excluding steroid dienone is 1. The quantitative estimate of drug-likeness (QED) is 0.467. The molecule has 1 aromatic heterocycles. The number of halogens is 2. The van der Waals surface area contributed by atoms with Crippen molar-refractivity contribution < 1.29 is 13.6 Å². The molecule has 0 unspecified atom stereocenters. The zero-order valence-corrected chi connectivity index (χ0v) is 18.0. The Morgan fingerprint density at radius 3 is 2.81 bits per heavy atom. The third kappa shape index (κ3) is 3.68. The number of hydrogen-bond donors (Lipinski definition) is 0. The van der Waals surface area contributed by atoms with Gasteiger partial charge in [-0.15, -0.1) is 5.10 Å². The van der Waals surface area contributed by atoms with Crippen LogP contribution < -0.4 is 0 Å². The summed E-state index contributed by atoms with van der Waals surface area (Å²) in [5, 5.41) is 8.33. The Morgan fingerprint density at radius 1 is 1.16 bits per heavy atom. The maximum Gasteiger partial charge on any atom is 0.138 e. The van der Waals surface area contributed by atoms with Gasteiger partial charge in [0.2, 0.25) is 0 Å². The predicted molar refractivity (Wildman–Crippen MR) is 120 cm³/mol. The summed E-state index contributed by atoms with van der Waals surface area (Å²) in [6.45, 7) is 1.90. The largest absolute Gasteiger partial charge is 0.300 e. The van der Waals surface area contributed by atoms with Gasteiger partial charge in [0.25, 0.3) is 0 Å². The first-order valence-corrected chi connectivity index (χ1v) is 11.2. The molecule has 0 aliphatic heterocycles. The van der Waals surface area contributed by atoms with Gasteiger partial charge in [0.1, 0.15) is 17.4 Å². The molecule has 0 amide bonds. The van der Waals surface area contributed by atoms with E-state index < -0.39 is 5.82 Å². The van der Waals surface area contributed by atoms with Crippen molar-refractivity contribution in [1.29, 1.82) is 0 Å². The second kappa shape index (κ2) is 8.41. The van der Waals surface area contributed by atoms with Gasteiger partial charge < -0.3 is 0 Å². The number of carbonyl (C=O) groups is 1. The van der Waals surface area contributed by atoms with E-state index >= 15 is 4.39 Å². The molecule has 32 heavy (non-hydrogen) atoms. The Kier molecular flexibility index (Phi) is 5.45. The number of fused-ring (bicyclic) bond motifs is 1. The lowest BCUT2D eigenvalue weighted by Gasteiger charge is -2.15. The normalized spacial score (nSPS) is 19.5. The highest BCUT2D eigenvalue weighted by molar-refractivity contribution is 5.78. The fraction of sp³-hybridized carbons (Fsp3) is 0.346. The molecule has 2 aromatic carbocycles. The lowest BCUT2D eigenvalue weighted by atomic mass is 9.97. The molecule has 0 spiro atoms. The van der Waals surface area contributed by atoms with E-state index in [1.807, 2.05) is 23.7 Å². The minimum Gasteiger partial charge on any atom is -0.300 e. The Balaban J connectivity index is 1.41. The molecule has 2 aliphatic carbocycles. The van der Waals surface area contributed by atoms with E-state index in [1.54, 1.807) is 30.5 Å². The molecule has 164 valence electrons. The molecule has 0 saturated heterocycles. The third-order valence-electron chi connectivity index (χ3n) is 6.79. The lowest BCUT2D eigenvalue weighted by Crippen LogP contribution is -2.10. The number of aromatic nitrogens is 3. The van der Waals surface area contributed by atoms with Gasteiger partial charge in [0.15, 0.2) is 0 Å². The number of benzene rings is 2. The fourth-order valence-electron chi connectivity index (χ4n) is 5.04. The summed E-state index contributed by atoms with van der Waals surface area (Å²) >= 11 is 0. The van der Waals surface area contributed by atoms with Crippen LogP contribution in [-0.2, 0) is 11.2 Å². The van der Waals surface area contributed by atoms with Crippen molar-refractivity contribution in [2.24, 2.45) is 5.92 Å². The topological polar surface area (TPSA) is 47.8 Å². The van der Waals surface area contributed by atoms with Crippen molar-refractivity contribution >= 4 is 11.9 Å². The van der Waals surface area contributed by atoms with E-state index in [-0.39, 0.29) is 23.0 Å². The predicted octanol–water partition coefficient (Wildman–Crippen LogP) is 6.17. The molecule has 6 heteroatoms. The van der Waals surface area contributed by atoms with Crippen LogP contribution in [0, 0.1) is 17.6 Å². The molecule has 1 fully saturated rings. The van der Waals surface area contributed by atoms with Crippen molar-refractivity contribution in [2.75, 3.05) is 0 Å². The molecule has 2 aliphatic rings. The highest BCUT2D eigenvalue weighted by Gasteiger charge is 2.29. The van der Waals surface area contributed by atoms with E-state index in [2.05, 4.69) is 10.3 Å². The Hall–Kier alpha value is -3.15. The molecular weight excluding hydrogens is 408 g/mol. The summed E-state index contributed by atoms with van der Waals surface area (Å²) < 4.78 is 32.0. The fourth-order valence-corrected chi connectivity index (χ4v) is 5.04. The number of hydrogen-bond acceptors (Lipinski definition) is 3. The minimum atomic E-state index is -0.478. The second-order valence-corrected chi connectivity index (χ2v) is 8.79. The van der Waals surface area contributed by atoms with Gasteiger partial charge >= 0.3 is 0 Å². The van der Waals surface area contributed by atoms with Crippen LogP contribution in [-0.4, -0.2) is 20.8 Å². The summed E-state index contributed by atoms with van der Waals surface area (Å²) in [5.74, 6) is -0.205. The lowest BCUT2D eigenvalue weighted by molar-refractivity contribution is -0.119. The van der Waals surface area contributed by atoms with Crippen LogP contribution in [0.3, 0.4) is 0 Å². The SMILES string of the molecule is CCC(=O)C[C@H]1CC[C@@H](n2nncc2-c2ccc(-c3ccc4c(c3F)C=CC4)c(F)c2)C1. The van der Waals surface area contributed by atoms with Crippen LogP contribution in [0.2, 0.25) is 0 Å². The molecule has 0 radical (unpaired) electrons. The van der Waals surface area contributed by atoms with Crippen molar-refractivity contribution in [1.82, 2.24) is 15.0 Å². The van der Waals surface area contributed by atoms with Gasteiger partial charge in [-0.2, -0.15) is 0 Å². The van der Waals surface area contributed by atoms with Crippen LogP contribution in [0.15, 0.2) is 42.6 Å². The van der Waals surface area contributed by atoms with E-state index in [1.165, 1.54) is 6.07 Å². The van der Waals surface area contributed by atoms with Crippen molar-refractivity contribution in [3.8, 4) is 22.4 Å². The van der Waals surface area contributed by atoms with Gasteiger partial charge in [0, 0.05) is 35.1 Å². The van der Waals surface area contributed by atoms with Gasteiger partial charge in [-0.05, 0) is 43.2 Å². The number of carbonyl (C=O) groups excluding carboxylic acids is 1. The smallest absolute Gasteiger partial charge is 0.138 e. The Morgan fingerprint density at radius 2 is 2.00 bits per heavy atom. The summed E-state index contributed by atoms with van der Waals surface area (Å²) in [6, 6.07) is 8.51. The van der Waals surface area contributed by atoms with Crippen molar-refractivity contribution in [2.45, 2.75) is 51.5 Å². The maximum atomic E-state index is 15.1. The van der Waals surface area contributed by atoms with Crippen LogP contribution in [0.1, 0.15) is 56.2 Å². The molecule has 0 bridgehead atoms. The first-order valence-electron chi connectivity index (χ1n) is 11.2. The molecule has 1 heterocycles. The molecule has 5 rings (SSSR count). The number of ketones is 1. The van der Waals surface area contributed by atoms with Crippen LogP contribution in [0.5, 0.6) is 0 Å². The zero-order chi connectivity index (χ0) is 22.2. The third-order valence-corrected chi connectivity index (χ3v) is 6.79. The maximum absolute atomic E-state index is 15.1. The molecule has 2 atom stereocenters. The average molecular weight is 434 g/mol. The standard InChI is InChI=1S/C26H25F2N3O/c1-2-20(32)13-16-6-9-19(12-16)31-25(15-29-30-31)18-8-10-22(24(27)14-18)23-11-7-17-4-3-5-21(17)26(23)28/h3,5,7-8,10-11,14-16,19H,2,4,6,9,12-13H2,1H3/t16-,19+/m0/s1. The molecule has 0 N–H and O–H groups in total. The Labute approximate surface area is 186 Å². The first-order chi connectivity index (χ1) is 15.5. The number of nitrogens with zero attached hydrogens (tertiary/aromatic N) is 3. The zero-order valence-electron chi connectivity index (χ0n) is 18.0. The summed E-state index contributed by atoms with van der Waals surface area (Å²) in [6.07, 6.45) is 9.98. The summed E-state index contributed by atoms with van der Waals surface area (Å²) in [4.78, 5) is 11.8. The summed E-state index contributed by atoms with van der Waals surface area (Å²) in [5.41, 5.74) is 3.38. The van der Waals surface area contributed by atoms with Crippen molar-refractivity contribution in [3.63, 3.8) is 0 Å². The summed E-state index contributed by atoms with van der Waals surface area (Å²) in [7, 11) is 0. The first kappa shape index (κ1) is 20.7. The second-order valence-electron chi connectivity index (χ2n) is 8.79. The van der Waals surface area contributed by atoms with E-state index in [0.29, 0.717) is 42.1 Å². The van der Waals surface area contributed by atoms with Crippen LogP contribution in [0.4, 0.5) is 8.78 Å². The highest BCUT2D eigenvalue weighted by Crippen LogP contribution is 2.39. The van der Waals surface area contributed by atoms with Gasteiger partial charge in [-0.25, -0.2) is 13.5 Å². The van der Waals surface area contributed by atoms with Crippen molar-refractivity contribution in [3.05, 3.63) is 65.4 Å². The van der Waals surface area contributed by atoms with Crippen LogP contribution >= 0.6 is 0 Å². The number of Topliss-reactive ketones (excluding diaryl/α,β-unsaturated/α-hetero) is 1. The van der Waals surface area contributed by atoms with Gasteiger partial charge in [0.05, 0.1) is 17.9 Å². The molecule has 4 nitrogen and oxygen atoms in total. The number of rotatable bonds is 6. The minimum absolute atomic E-state index is 0.144. The van der Waals surface area contributed by atoms with Crippen LogP contribution in [0.25, 0.3) is 28.5 Å². The molecular formula is C26H25F2N3O. The molecule has 3 aromatic rings. The van der Waals surface area contributed by atoms with Gasteiger partial charge in [-0.3, -0.25) is 4.79 Å². The molecule has 1 saturated carbocycles. The Bertz CT molecular complexity index is 1210. The average Bonchev–Trinajstić information content (AvgIpc) is 3.54. The highest BCUT2D eigenvalue weighted by atomic mass is 19.1. The monoisotopic (exact) mass is 433 g/mol. The van der Waals surface area contributed by atoms with E-state index in [9.17, 15) is 9.18 Å². The van der Waals surface area contributed by atoms with E-state index in [4.69, 9.17) is 0 Å².